The van der Waals surface area contributed by atoms with Crippen LogP contribution in [0.4, 0.5) is 24.5 Å². The van der Waals surface area contributed by atoms with Crippen LogP contribution in [0.5, 0.6) is 0 Å². The molecular weight excluding hydrogens is 397 g/mol. The summed E-state index contributed by atoms with van der Waals surface area (Å²) in [6, 6.07) is 14.5. The molecule has 2 amide bonds. The molecular formula is C22H17F3N2O3. The lowest BCUT2D eigenvalue weighted by atomic mass is 10.1. The number of para-hydroxylation sites is 2. The number of carbonyl (C=O) groups is 2. The second-order valence-corrected chi connectivity index (χ2v) is 6.86. The minimum absolute atomic E-state index is 0.0125. The summed E-state index contributed by atoms with van der Waals surface area (Å²) in [5, 5.41) is 2.72. The van der Waals surface area contributed by atoms with Gasteiger partial charge in [-0.25, -0.2) is 0 Å². The molecule has 0 atom stereocenters. The smallest absolute Gasteiger partial charge is 0.416 e. The summed E-state index contributed by atoms with van der Waals surface area (Å²) in [6.07, 6.45) is -3.26. The van der Waals surface area contributed by atoms with E-state index >= 15 is 0 Å². The molecule has 0 unspecified atom stereocenters. The molecule has 5 nitrogen and oxygen atoms in total. The fourth-order valence-electron chi connectivity index (χ4n) is 3.37. The van der Waals surface area contributed by atoms with Crippen molar-refractivity contribution < 1.29 is 27.2 Å². The summed E-state index contributed by atoms with van der Waals surface area (Å²) < 4.78 is 44.3. The minimum Gasteiger partial charge on any atom is -0.451 e. The monoisotopic (exact) mass is 414 g/mol. The Balaban J connectivity index is 1.56. The number of halogens is 3. The second-order valence-electron chi connectivity index (χ2n) is 6.86. The zero-order valence-corrected chi connectivity index (χ0v) is 15.7. The van der Waals surface area contributed by atoms with Gasteiger partial charge in [0.1, 0.15) is 5.76 Å². The highest BCUT2D eigenvalue weighted by Crippen LogP contribution is 2.33. The Morgan fingerprint density at radius 1 is 1.03 bits per heavy atom. The van der Waals surface area contributed by atoms with Crippen LogP contribution in [0.1, 0.15) is 29.0 Å². The predicted octanol–water partition coefficient (Wildman–Crippen LogP) is 5.34. The summed E-state index contributed by atoms with van der Waals surface area (Å²) in [5.74, 6) is -0.479. The molecule has 0 spiro atoms. The Kier molecular flexibility index (Phi) is 5.07. The van der Waals surface area contributed by atoms with Gasteiger partial charge in [-0.05, 0) is 42.8 Å². The van der Waals surface area contributed by atoms with Crippen molar-refractivity contribution in [2.24, 2.45) is 0 Å². The number of anilines is 2. The maximum atomic E-state index is 12.9. The molecule has 2 aromatic carbocycles. The molecule has 4 rings (SSSR count). The number of benzene rings is 2. The van der Waals surface area contributed by atoms with Crippen molar-refractivity contribution in [3.8, 4) is 11.3 Å². The molecule has 30 heavy (non-hydrogen) atoms. The first-order valence-corrected chi connectivity index (χ1v) is 9.31. The van der Waals surface area contributed by atoms with Gasteiger partial charge in [0.15, 0.2) is 5.76 Å². The van der Waals surface area contributed by atoms with Crippen LogP contribution in [0.3, 0.4) is 0 Å². The molecule has 2 heterocycles. The van der Waals surface area contributed by atoms with Gasteiger partial charge in [-0.1, -0.05) is 24.3 Å². The van der Waals surface area contributed by atoms with E-state index in [-0.39, 0.29) is 23.0 Å². The Hall–Kier alpha value is -3.55. The standard InChI is InChI=1S/C22H17F3N2O3/c23-22(24,25)15-6-3-5-14(13-15)18-10-11-19(30-18)21(29)26-16-7-1-2-8-17(16)27-12-4-9-20(27)28/h1-3,5-8,10-11,13H,4,9,12H2,(H,26,29). The van der Waals surface area contributed by atoms with Crippen LogP contribution < -0.4 is 10.2 Å². The number of amides is 2. The third kappa shape index (κ3) is 3.94. The summed E-state index contributed by atoms with van der Waals surface area (Å²) in [5.41, 5.74) is 0.464. The molecule has 1 saturated heterocycles. The topological polar surface area (TPSA) is 62.6 Å². The number of hydrogen-bond donors (Lipinski definition) is 1. The van der Waals surface area contributed by atoms with Crippen molar-refractivity contribution in [1.82, 2.24) is 0 Å². The first kappa shape index (κ1) is 19.8. The molecule has 154 valence electrons. The van der Waals surface area contributed by atoms with E-state index in [2.05, 4.69) is 5.32 Å². The molecule has 1 fully saturated rings. The van der Waals surface area contributed by atoms with Gasteiger partial charge in [0.2, 0.25) is 5.91 Å². The van der Waals surface area contributed by atoms with Crippen molar-refractivity contribution in [3.63, 3.8) is 0 Å². The molecule has 3 aromatic rings. The van der Waals surface area contributed by atoms with Crippen LogP contribution in [0, 0.1) is 0 Å². The molecule has 1 aromatic heterocycles. The molecule has 0 saturated carbocycles. The molecule has 0 radical (unpaired) electrons. The highest BCUT2D eigenvalue weighted by atomic mass is 19.4. The second kappa shape index (κ2) is 7.70. The number of nitrogens with zero attached hydrogens (tertiary/aromatic N) is 1. The lowest BCUT2D eigenvalue weighted by Gasteiger charge is -2.19. The highest BCUT2D eigenvalue weighted by Gasteiger charge is 2.31. The zero-order valence-electron chi connectivity index (χ0n) is 15.7. The maximum Gasteiger partial charge on any atom is 0.416 e. The Labute approximate surface area is 170 Å². The van der Waals surface area contributed by atoms with Crippen molar-refractivity contribution >= 4 is 23.2 Å². The van der Waals surface area contributed by atoms with E-state index in [1.54, 1.807) is 29.2 Å². The van der Waals surface area contributed by atoms with Gasteiger partial charge >= 0.3 is 6.18 Å². The number of nitrogens with one attached hydrogen (secondary N) is 1. The normalized spacial score (nSPS) is 14.2. The van der Waals surface area contributed by atoms with E-state index in [9.17, 15) is 22.8 Å². The number of furan rings is 1. The predicted molar refractivity (Wildman–Crippen MR) is 105 cm³/mol. The average molecular weight is 414 g/mol. The molecule has 1 N–H and O–H groups in total. The van der Waals surface area contributed by atoms with Crippen LogP contribution in [0.2, 0.25) is 0 Å². The van der Waals surface area contributed by atoms with Crippen LogP contribution in [0.25, 0.3) is 11.3 Å². The largest absolute Gasteiger partial charge is 0.451 e. The van der Waals surface area contributed by atoms with E-state index in [4.69, 9.17) is 4.42 Å². The van der Waals surface area contributed by atoms with Crippen molar-refractivity contribution in [3.05, 3.63) is 72.0 Å². The van der Waals surface area contributed by atoms with Crippen LogP contribution >= 0.6 is 0 Å². The van der Waals surface area contributed by atoms with E-state index < -0.39 is 17.6 Å². The summed E-state index contributed by atoms with van der Waals surface area (Å²) >= 11 is 0. The van der Waals surface area contributed by atoms with E-state index in [1.807, 2.05) is 0 Å². The third-order valence-corrected chi connectivity index (χ3v) is 4.82. The van der Waals surface area contributed by atoms with Gasteiger partial charge in [-0.15, -0.1) is 0 Å². The summed E-state index contributed by atoms with van der Waals surface area (Å²) in [4.78, 5) is 26.3. The zero-order chi connectivity index (χ0) is 21.3. The van der Waals surface area contributed by atoms with Crippen LogP contribution in [-0.4, -0.2) is 18.4 Å². The van der Waals surface area contributed by atoms with Crippen molar-refractivity contribution in [2.45, 2.75) is 19.0 Å². The number of rotatable bonds is 4. The number of alkyl halides is 3. The van der Waals surface area contributed by atoms with Gasteiger partial charge in [0, 0.05) is 18.5 Å². The van der Waals surface area contributed by atoms with E-state index in [0.717, 1.165) is 18.6 Å². The molecule has 0 aliphatic carbocycles. The number of hydrogen-bond acceptors (Lipinski definition) is 3. The van der Waals surface area contributed by atoms with Crippen molar-refractivity contribution in [2.75, 3.05) is 16.8 Å². The van der Waals surface area contributed by atoms with E-state index in [0.29, 0.717) is 24.3 Å². The average Bonchev–Trinajstić information content (AvgIpc) is 3.37. The van der Waals surface area contributed by atoms with Crippen LogP contribution in [0.15, 0.2) is 65.1 Å². The van der Waals surface area contributed by atoms with E-state index in [1.165, 1.54) is 24.3 Å². The fraction of sp³-hybridized carbons (Fsp3) is 0.182. The minimum atomic E-state index is -4.47. The Bertz CT molecular complexity index is 1100. The fourth-order valence-corrected chi connectivity index (χ4v) is 3.37. The number of carbonyl (C=O) groups excluding carboxylic acids is 2. The third-order valence-electron chi connectivity index (χ3n) is 4.82. The molecule has 8 heteroatoms. The first-order valence-electron chi connectivity index (χ1n) is 9.31. The SMILES string of the molecule is O=C(Nc1ccccc1N1CCCC1=O)c1ccc(-c2cccc(C(F)(F)F)c2)o1. The van der Waals surface area contributed by atoms with Crippen LogP contribution in [-0.2, 0) is 11.0 Å². The van der Waals surface area contributed by atoms with Gasteiger partial charge in [-0.3, -0.25) is 9.59 Å². The van der Waals surface area contributed by atoms with Gasteiger partial charge in [0.25, 0.3) is 5.91 Å². The summed E-state index contributed by atoms with van der Waals surface area (Å²) in [6.45, 7) is 0.576. The Morgan fingerprint density at radius 2 is 1.83 bits per heavy atom. The lowest BCUT2D eigenvalue weighted by Crippen LogP contribution is -2.25. The highest BCUT2D eigenvalue weighted by molar-refractivity contribution is 6.07. The maximum absolute atomic E-state index is 12.9. The molecule has 1 aliphatic rings. The molecule has 1 aliphatic heterocycles. The first-order chi connectivity index (χ1) is 14.3. The quantitative estimate of drug-likeness (QED) is 0.627. The van der Waals surface area contributed by atoms with Crippen molar-refractivity contribution in [1.29, 1.82) is 0 Å². The lowest BCUT2D eigenvalue weighted by molar-refractivity contribution is -0.137. The molecule has 0 bridgehead atoms. The van der Waals surface area contributed by atoms with Gasteiger partial charge < -0.3 is 14.6 Å². The Morgan fingerprint density at radius 3 is 2.57 bits per heavy atom. The summed E-state index contributed by atoms with van der Waals surface area (Å²) in [7, 11) is 0. The van der Waals surface area contributed by atoms with Gasteiger partial charge in [0.05, 0.1) is 16.9 Å². The van der Waals surface area contributed by atoms with Gasteiger partial charge in [-0.2, -0.15) is 13.2 Å².